The van der Waals surface area contributed by atoms with Gasteiger partial charge in [0.05, 0.1) is 12.6 Å². The Kier molecular flexibility index (Phi) is 4.74. The van der Waals surface area contributed by atoms with E-state index in [0.29, 0.717) is 12.2 Å². The number of pyridine rings is 1. The van der Waals surface area contributed by atoms with Crippen molar-refractivity contribution in [2.45, 2.75) is 32.2 Å². The number of nitrogens with zero attached hydrogens (tertiary/aromatic N) is 2. The molecule has 1 saturated heterocycles. The second kappa shape index (κ2) is 6.52. The highest BCUT2D eigenvalue weighted by atomic mass is 16.3. The predicted octanol–water partition coefficient (Wildman–Crippen LogP) is 1.50. The maximum Gasteiger partial charge on any atom is 0.272 e. The fourth-order valence-corrected chi connectivity index (χ4v) is 2.47. The third-order valence-corrected chi connectivity index (χ3v) is 3.46. The molecular weight excluding hydrogens is 242 g/mol. The molecule has 1 atom stereocenters. The van der Waals surface area contributed by atoms with Crippen LogP contribution < -0.4 is 5.32 Å². The number of aliphatic hydroxyl groups is 1. The number of aliphatic hydroxyl groups excluding tert-OH is 1. The molecule has 5 nitrogen and oxygen atoms in total. The van der Waals surface area contributed by atoms with E-state index in [4.69, 9.17) is 0 Å². The largest absolute Gasteiger partial charge is 0.394 e. The molecule has 0 spiro atoms. The molecule has 5 heteroatoms. The van der Waals surface area contributed by atoms with Gasteiger partial charge in [-0.1, -0.05) is 0 Å². The minimum absolute atomic E-state index is 0.0264. The molecule has 1 aliphatic heterocycles. The SMILES string of the molecule is CCNc1ccnc(C(=O)N2CCCCC2CO)c1. The van der Waals surface area contributed by atoms with Gasteiger partial charge in [0.25, 0.3) is 5.91 Å². The molecule has 0 saturated carbocycles. The van der Waals surface area contributed by atoms with Crippen LogP contribution in [-0.4, -0.2) is 46.6 Å². The maximum atomic E-state index is 12.5. The lowest BCUT2D eigenvalue weighted by molar-refractivity contribution is 0.0497. The first-order chi connectivity index (χ1) is 9.26. The van der Waals surface area contributed by atoms with Gasteiger partial charge < -0.3 is 15.3 Å². The number of carbonyl (C=O) groups is 1. The zero-order valence-electron chi connectivity index (χ0n) is 11.3. The molecule has 1 aromatic heterocycles. The lowest BCUT2D eigenvalue weighted by Crippen LogP contribution is -2.45. The van der Waals surface area contributed by atoms with E-state index < -0.39 is 0 Å². The normalized spacial score (nSPS) is 19.3. The second-order valence-corrected chi connectivity index (χ2v) is 4.79. The van der Waals surface area contributed by atoms with E-state index in [9.17, 15) is 9.90 Å². The first-order valence-electron chi connectivity index (χ1n) is 6.88. The number of likely N-dealkylation sites (tertiary alicyclic amines) is 1. The maximum absolute atomic E-state index is 12.5. The fourth-order valence-electron chi connectivity index (χ4n) is 2.47. The number of hydrogen-bond acceptors (Lipinski definition) is 4. The molecule has 2 N–H and O–H groups in total. The Labute approximate surface area is 113 Å². The van der Waals surface area contributed by atoms with Gasteiger partial charge in [-0.2, -0.15) is 0 Å². The minimum Gasteiger partial charge on any atom is -0.394 e. The lowest BCUT2D eigenvalue weighted by Gasteiger charge is -2.34. The molecule has 0 radical (unpaired) electrons. The van der Waals surface area contributed by atoms with Crippen molar-refractivity contribution in [1.82, 2.24) is 9.88 Å². The molecule has 1 unspecified atom stereocenters. The van der Waals surface area contributed by atoms with Crippen LogP contribution in [0.25, 0.3) is 0 Å². The third-order valence-electron chi connectivity index (χ3n) is 3.46. The van der Waals surface area contributed by atoms with Crippen LogP contribution in [0, 0.1) is 0 Å². The van der Waals surface area contributed by atoms with Crippen molar-refractivity contribution in [1.29, 1.82) is 0 Å². The van der Waals surface area contributed by atoms with E-state index in [2.05, 4.69) is 10.3 Å². The summed E-state index contributed by atoms with van der Waals surface area (Å²) in [5.74, 6) is -0.0847. The van der Waals surface area contributed by atoms with E-state index in [-0.39, 0.29) is 18.6 Å². The molecule has 104 valence electrons. The van der Waals surface area contributed by atoms with E-state index in [0.717, 1.165) is 31.5 Å². The number of aromatic nitrogens is 1. The van der Waals surface area contributed by atoms with Gasteiger partial charge in [-0.15, -0.1) is 0 Å². The first kappa shape index (κ1) is 13.8. The van der Waals surface area contributed by atoms with Crippen molar-refractivity contribution in [2.75, 3.05) is 25.0 Å². The van der Waals surface area contributed by atoms with Gasteiger partial charge in [0.15, 0.2) is 0 Å². The van der Waals surface area contributed by atoms with Crippen molar-refractivity contribution in [3.05, 3.63) is 24.0 Å². The second-order valence-electron chi connectivity index (χ2n) is 4.79. The van der Waals surface area contributed by atoms with Crippen LogP contribution in [0.15, 0.2) is 18.3 Å². The zero-order valence-corrected chi connectivity index (χ0v) is 11.3. The van der Waals surface area contributed by atoms with Crippen LogP contribution in [0.1, 0.15) is 36.7 Å². The zero-order chi connectivity index (χ0) is 13.7. The topological polar surface area (TPSA) is 65.5 Å². The summed E-state index contributed by atoms with van der Waals surface area (Å²) in [5.41, 5.74) is 1.34. The fraction of sp³-hybridized carbons (Fsp3) is 0.571. The average molecular weight is 263 g/mol. The quantitative estimate of drug-likeness (QED) is 0.864. The lowest BCUT2D eigenvalue weighted by atomic mass is 10.0. The molecule has 2 heterocycles. The summed E-state index contributed by atoms with van der Waals surface area (Å²) in [6.45, 7) is 3.55. The molecule has 19 heavy (non-hydrogen) atoms. The van der Waals surface area contributed by atoms with Crippen LogP contribution in [-0.2, 0) is 0 Å². The molecule has 1 aromatic rings. The van der Waals surface area contributed by atoms with Crippen LogP contribution in [0.4, 0.5) is 5.69 Å². The summed E-state index contributed by atoms with van der Waals surface area (Å²) >= 11 is 0. The third kappa shape index (κ3) is 3.23. The molecule has 0 aliphatic carbocycles. The van der Waals surface area contributed by atoms with Crippen molar-refractivity contribution in [2.24, 2.45) is 0 Å². The molecule has 2 rings (SSSR count). The number of rotatable bonds is 4. The van der Waals surface area contributed by atoms with E-state index in [1.165, 1.54) is 0 Å². The highest BCUT2D eigenvalue weighted by Crippen LogP contribution is 2.19. The van der Waals surface area contributed by atoms with Crippen molar-refractivity contribution in [3.63, 3.8) is 0 Å². The number of hydrogen-bond donors (Lipinski definition) is 2. The number of carbonyl (C=O) groups excluding carboxylic acids is 1. The molecule has 1 amide bonds. The Morgan fingerprint density at radius 3 is 3.16 bits per heavy atom. The van der Waals surface area contributed by atoms with Crippen molar-refractivity contribution >= 4 is 11.6 Å². The Morgan fingerprint density at radius 1 is 1.58 bits per heavy atom. The minimum atomic E-state index is -0.0847. The predicted molar refractivity (Wildman–Crippen MR) is 74.2 cm³/mol. The Hall–Kier alpha value is -1.62. The summed E-state index contributed by atoms with van der Waals surface area (Å²) < 4.78 is 0. The summed E-state index contributed by atoms with van der Waals surface area (Å²) in [6.07, 6.45) is 4.58. The van der Waals surface area contributed by atoms with Crippen molar-refractivity contribution in [3.8, 4) is 0 Å². The average Bonchev–Trinajstić information content (AvgIpc) is 2.47. The van der Waals surface area contributed by atoms with Gasteiger partial charge in [-0.05, 0) is 38.3 Å². The Bertz CT molecular complexity index is 436. The van der Waals surface area contributed by atoms with Crippen LogP contribution >= 0.6 is 0 Å². The highest BCUT2D eigenvalue weighted by Gasteiger charge is 2.27. The van der Waals surface area contributed by atoms with Gasteiger partial charge in [0, 0.05) is 25.0 Å². The monoisotopic (exact) mass is 263 g/mol. The van der Waals surface area contributed by atoms with Gasteiger partial charge in [0.1, 0.15) is 5.69 Å². The van der Waals surface area contributed by atoms with Crippen LogP contribution in [0.3, 0.4) is 0 Å². The van der Waals surface area contributed by atoms with Crippen LogP contribution in [0.5, 0.6) is 0 Å². The number of amides is 1. The summed E-state index contributed by atoms with van der Waals surface area (Å²) in [6, 6.07) is 3.56. The molecule has 1 fully saturated rings. The van der Waals surface area contributed by atoms with E-state index in [1.54, 1.807) is 17.2 Å². The van der Waals surface area contributed by atoms with E-state index >= 15 is 0 Å². The number of nitrogens with one attached hydrogen (secondary N) is 1. The molecular formula is C14H21N3O2. The Balaban J connectivity index is 2.15. The molecule has 1 aliphatic rings. The summed E-state index contributed by atoms with van der Waals surface area (Å²) in [5, 5.41) is 12.5. The smallest absolute Gasteiger partial charge is 0.272 e. The van der Waals surface area contributed by atoms with Crippen molar-refractivity contribution < 1.29 is 9.90 Å². The standard InChI is InChI=1S/C14H21N3O2/c1-2-15-11-6-7-16-13(9-11)14(19)17-8-4-3-5-12(17)10-18/h6-7,9,12,18H,2-5,8,10H2,1H3,(H,15,16). The molecule has 0 aromatic carbocycles. The van der Waals surface area contributed by atoms with Gasteiger partial charge in [0.2, 0.25) is 0 Å². The van der Waals surface area contributed by atoms with Crippen LogP contribution in [0.2, 0.25) is 0 Å². The number of anilines is 1. The summed E-state index contributed by atoms with van der Waals surface area (Å²) in [4.78, 5) is 18.4. The van der Waals surface area contributed by atoms with E-state index in [1.807, 2.05) is 13.0 Å². The highest BCUT2D eigenvalue weighted by molar-refractivity contribution is 5.93. The van der Waals surface area contributed by atoms with Gasteiger partial charge in [-0.25, -0.2) is 0 Å². The van der Waals surface area contributed by atoms with Gasteiger partial charge >= 0.3 is 0 Å². The van der Waals surface area contributed by atoms with Gasteiger partial charge in [-0.3, -0.25) is 9.78 Å². The Morgan fingerprint density at radius 2 is 2.42 bits per heavy atom. The molecule has 0 bridgehead atoms. The first-order valence-corrected chi connectivity index (χ1v) is 6.88. The summed E-state index contributed by atoms with van der Waals surface area (Å²) in [7, 11) is 0. The number of piperidine rings is 1.